The highest BCUT2D eigenvalue weighted by Gasteiger charge is 2.02. The molecule has 0 aromatic carbocycles. The standard InChI is InChI=1S/C7H12N2/c1-2-6-4-3-5-7(8)9-6/h3-6,9H,2,8H2,1H3. The Labute approximate surface area is 55.4 Å². The molecule has 1 rings (SSSR count). The van der Waals surface area contributed by atoms with E-state index in [9.17, 15) is 0 Å². The largest absolute Gasteiger partial charge is 0.386 e. The van der Waals surface area contributed by atoms with Crippen LogP contribution in [-0.2, 0) is 0 Å². The summed E-state index contributed by atoms with van der Waals surface area (Å²) in [6.07, 6.45) is 7.05. The Morgan fingerprint density at radius 1 is 1.78 bits per heavy atom. The van der Waals surface area contributed by atoms with E-state index < -0.39 is 0 Å². The Balaban J connectivity index is 2.51. The molecule has 0 amide bonds. The molecule has 50 valence electrons. The molecule has 0 aromatic heterocycles. The molecule has 0 bridgehead atoms. The average molecular weight is 124 g/mol. The van der Waals surface area contributed by atoms with Gasteiger partial charge < -0.3 is 11.1 Å². The van der Waals surface area contributed by atoms with Gasteiger partial charge in [-0.15, -0.1) is 0 Å². The maximum Gasteiger partial charge on any atom is 0.0964 e. The summed E-state index contributed by atoms with van der Waals surface area (Å²) < 4.78 is 0. The molecular formula is C7H12N2. The summed E-state index contributed by atoms with van der Waals surface area (Å²) in [4.78, 5) is 0. The molecule has 1 atom stereocenters. The first-order valence-corrected chi connectivity index (χ1v) is 3.23. The molecule has 9 heavy (non-hydrogen) atoms. The van der Waals surface area contributed by atoms with Crippen molar-refractivity contribution < 1.29 is 0 Å². The molecule has 0 fully saturated rings. The van der Waals surface area contributed by atoms with Gasteiger partial charge in [-0.3, -0.25) is 0 Å². The Kier molecular flexibility index (Phi) is 1.78. The van der Waals surface area contributed by atoms with E-state index in [2.05, 4.69) is 18.3 Å². The van der Waals surface area contributed by atoms with Gasteiger partial charge in [0.2, 0.25) is 0 Å². The van der Waals surface area contributed by atoms with Crippen molar-refractivity contribution in [1.82, 2.24) is 5.32 Å². The second-order valence-electron chi connectivity index (χ2n) is 2.17. The zero-order valence-corrected chi connectivity index (χ0v) is 5.59. The lowest BCUT2D eigenvalue weighted by Gasteiger charge is -2.16. The number of hydrogen-bond donors (Lipinski definition) is 2. The van der Waals surface area contributed by atoms with Gasteiger partial charge in [0.1, 0.15) is 0 Å². The molecule has 0 aliphatic carbocycles. The van der Waals surface area contributed by atoms with Gasteiger partial charge in [0.05, 0.1) is 5.82 Å². The van der Waals surface area contributed by atoms with Crippen molar-refractivity contribution in [2.45, 2.75) is 19.4 Å². The minimum Gasteiger partial charge on any atom is -0.386 e. The van der Waals surface area contributed by atoms with E-state index in [1.54, 1.807) is 0 Å². The zero-order valence-electron chi connectivity index (χ0n) is 5.59. The summed E-state index contributed by atoms with van der Waals surface area (Å²) >= 11 is 0. The molecule has 0 aromatic rings. The molecule has 2 heteroatoms. The van der Waals surface area contributed by atoms with Crippen LogP contribution in [0.15, 0.2) is 24.0 Å². The van der Waals surface area contributed by atoms with Gasteiger partial charge in [-0.25, -0.2) is 0 Å². The van der Waals surface area contributed by atoms with E-state index in [1.807, 2.05) is 12.2 Å². The fourth-order valence-electron chi connectivity index (χ4n) is 0.842. The minimum absolute atomic E-state index is 0.440. The zero-order chi connectivity index (χ0) is 6.69. The van der Waals surface area contributed by atoms with Gasteiger partial charge in [-0.1, -0.05) is 19.1 Å². The summed E-state index contributed by atoms with van der Waals surface area (Å²) in [7, 11) is 0. The van der Waals surface area contributed by atoms with E-state index in [-0.39, 0.29) is 0 Å². The third kappa shape index (κ3) is 1.49. The molecule has 1 unspecified atom stereocenters. The molecule has 1 aliphatic heterocycles. The highest BCUT2D eigenvalue weighted by molar-refractivity contribution is 5.17. The summed E-state index contributed by atoms with van der Waals surface area (Å²) in [5.74, 6) is 0.768. The Morgan fingerprint density at radius 2 is 2.56 bits per heavy atom. The summed E-state index contributed by atoms with van der Waals surface area (Å²) in [6.45, 7) is 2.13. The topological polar surface area (TPSA) is 38.0 Å². The first-order chi connectivity index (χ1) is 4.33. The number of rotatable bonds is 1. The molecule has 1 aliphatic rings. The Bertz CT molecular complexity index is 147. The number of dihydropyridines is 1. The third-order valence-electron chi connectivity index (χ3n) is 1.41. The second kappa shape index (κ2) is 2.58. The maximum atomic E-state index is 5.50. The van der Waals surface area contributed by atoms with Crippen LogP contribution in [0.5, 0.6) is 0 Å². The molecular weight excluding hydrogens is 112 g/mol. The van der Waals surface area contributed by atoms with Crippen molar-refractivity contribution in [2.75, 3.05) is 0 Å². The first-order valence-electron chi connectivity index (χ1n) is 3.23. The highest BCUT2D eigenvalue weighted by Crippen LogP contribution is 2.00. The Hall–Kier alpha value is -0.920. The normalized spacial score (nSPS) is 25.0. The fourth-order valence-corrected chi connectivity index (χ4v) is 0.842. The van der Waals surface area contributed by atoms with Gasteiger partial charge in [0, 0.05) is 6.04 Å². The van der Waals surface area contributed by atoms with Crippen LogP contribution in [0.1, 0.15) is 13.3 Å². The van der Waals surface area contributed by atoms with Crippen LogP contribution in [0.3, 0.4) is 0 Å². The van der Waals surface area contributed by atoms with Crippen LogP contribution in [0.2, 0.25) is 0 Å². The van der Waals surface area contributed by atoms with Gasteiger partial charge >= 0.3 is 0 Å². The van der Waals surface area contributed by atoms with Crippen molar-refractivity contribution in [1.29, 1.82) is 0 Å². The maximum absolute atomic E-state index is 5.50. The van der Waals surface area contributed by atoms with Crippen LogP contribution in [0.25, 0.3) is 0 Å². The van der Waals surface area contributed by atoms with Crippen molar-refractivity contribution in [3.05, 3.63) is 24.0 Å². The van der Waals surface area contributed by atoms with Gasteiger partial charge in [-0.05, 0) is 12.5 Å². The van der Waals surface area contributed by atoms with Crippen molar-refractivity contribution >= 4 is 0 Å². The average Bonchev–Trinajstić information content (AvgIpc) is 1.88. The Morgan fingerprint density at radius 3 is 3.00 bits per heavy atom. The molecule has 2 nitrogen and oxygen atoms in total. The molecule has 0 spiro atoms. The second-order valence-corrected chi connectivity index (χ2v) is 2.17. The quantitative estimate of drug-likeness (QED) is 0.540. The summed E-state index contributed by atoms with van der Waals surface area (Å²) in [5, 5.41) is 3.12. The molecule has 0 saturated heterocycles. The first kappa shape index (κ1) is 6.20. The number of hydrogen-bond acceptors (Lipinski definition) is 2. The lowest BCUT2D eigenvalue weighted by Crippen LogP contribution is -2.31. The van der Waals surface area contributed by atoms with Crippen LogP contribution in [0, 0.1) is 0 Å². The van der Waals surface area contributed by atoms with Crippen molar-refractivity contribution in [3.8, 4) is 0 Å². The van der Waals surface area contributed by atoms with E-state index in [0.717, 1.165) is 12.2 Å². The summed E-state index contributed by atoms with van der Waals surface area (Å²) in [6, 6.07) is 0.440. The lowest BCUT2D eigenvalue weighted by molar-refractivity contribution is 0.636. The van der Waals surface area contributed by atoms with E-state index >= 15 is 0 Å². The van der Waals surface area contributed by atoms with Gasteiger partial charge in [0.25, 0.3) is 0 Å². The van der Waals surface area contributed by atoms with Gasteiger partial charge in [-0.2, -0.15) is 0 Å². The van der Waals surface area contributed by atoms with E-state index in [0.29, 0.717) is 6.04 Å². The molecule has 3 N–H and O–H groups in total. The predicted molar refractivity (Wildman–Crippen MR) is 38.6 cm³/mol. The number of nitrogens with two attached hydrogens (primary N) is 1. The van der Waals surface area contributed by atoms with E-state index in [4.69, 9.17) is 5.73 Å². The SMILES string of the molecule is CCC1C=CC=C(N)N1. The van der Waals surface area contributed by atoms with Crippen molar-refractivity contribution in [3.63, 3.8) is 0 Å². The summed E-state index contributed by atoms with van der Waals surface area (Å²) in [5.41, 5.74) is 5.50. The van der Waals surface area contributed by atoms with Crippen LogP contribution in [0.4, 0.5) is 0 Å². The fraction of sp³-hybridized carbons (Fsp3) is 0.429. The van der Waals surface area contributed by atoms with Crippen molar-refractivity contribution in [2.24, 2.45) is 5.73 Å². The van der Waals surface area contributed by atoms with Crippen LogP contribution < -0.4 is 11.1 Å². The number of nitrogens with one attached hydrogen (secondary N) is 1. The van der Waals surface area contributed by atoms with Crippen LogP contribution in [-0.4, -0.2) is 6.04 Å². The molecule has 1 heterocycles. The monoisotopic (exact) mass is 124 g/mol. The van der Waals surface area contributed by atoms with Crippen LogP contribution >= 0.6 is 0 Å². The third-order valence-corrected chi connectivity index (χ3v) is 1.41. The van der Waals surface area contributed by atoms with Gasteiger partial charge in [0.15, 0.2) is 0 Å². The molecule has 0 radical (unpaired) electrons. The highest BCUT2D eigenvalue weighted by atomic mass is 15.0. The van der Waals surface area contributed by atoms with E-state index in [1.165, 1.54) is 0 Å². The number of allylic oxidation sites excluding steroid dienone is 2. The lowest BCUT2D eigenvalue weighted by atomic mass is 10.2. The smallest absolute Gasteiger partial charge is 0.0964 e. The predicted octanol–water partition coefficient (Wildman–Crippen LogP) is 0.725. The molecule has 0 saturated carbocycles. The minimum atomic E-state index is 0.440.